The van der Waals surface area contributed by atoms with Crippen LogP contribution in [0.4, 0.5) is 4.79 Å². The molecule has 4 amide bonds. The largest absolute Gasteiger partial charge is 0.447 e. The fraction of sp³-hybridized carbons (Fsp3) is 0.867. The molecule has 5 atom stereocenters. The smallest absolute Gasteiger partial charge is 0.410 e. The number of hydrogen-bond donors (Lipinski definition) is 1. The highest BCUT2D eigenvalue weighted by Gasteiger charge is 2.51. The minimum Gasteiger partial charge on any atom is -0.447 e. The van der Waals surface area contributed by atoms with Gasteiger partial charge in [-0.3, -0.25) is 14.4 Å². The molecule has 39 heavy (non-hydrogen) atoms. The molecule has 0 bridgehead atoms. The zero-order valence-corrected chi connectivity index (χ0v) is 24.3. The number of hydrogen-bond acceptors (Lipinski definition) is 5. The van der Waals surface area contributed by atoms with Crippen molar-refractivity contribution in [1.82, 2.24) is 20.0 Å². The van der Waals surface area contributed by atoms with Gasteiger partial charge in [-0.15, -0.1) is 0 Å². The third kappa shape index (κ3) is 6.22. The van der Waals surface area contributed by atoms with Crippen LogP contribution >= 0.6 is 0 Å². The van der Waals surface area contributed by atoms with E-state index in [9.17, 15) is 19.2 Å². The SMILES string of the molecule is CC(=O)N[C@H]1CCN(C(=O)C2CCC(C3CCC4C(C3)N(C(=O)OC(C)C)C[C@H](C)N4C(=O)C3CC3)CC2)C1. The summed E-state index contributed by atoms with van der Waals surface area (Å²) < 4.78 is 5.66. The lowest BCUT2D eigenvalue weighted by Crippen LogP contribution is -2.67. The van der Waals surface area contributed by atoms with Crippen LogP contribution in [0, 0.1) is 23.7 Å². The number of ether oxygens (including phenoxy) is 1. The predicted octanol–water partition coefficient (Wildman–Crippen LogP) is 3.55. The summed E-state index contributed by atoms with van der Waals surface area (Å²) in [6.45, 7) is 9.27. The number of amides is 4. The van der Waals surface area contributed by atoms with E-state index in [-0.39, 0.29) is 65.9 Å². The number of nitrogens with one attached hydrogen (secondary N) is 1. The molecular weight excluding hydrogens is 496 g/mol. The Balaban J connectivity index is 1.20. The Morgan fingerprint density at radius 2 is 1.44 bits per heavy atom. The first-order valence-electron chi connectivity index (χ1n) is 15.5. The zero-order chi connectivity index (χ0) is 27.8. The molecule has 0 radical (unpaired) electrons. The molecule has 0 aromatic heterocycles. The molecule has 5 fully saturated rings. The molecule has 2 heterocycles. The summed E-state index contributed by atoms with van der Waals surface area (Å²) in [6.07, 6.45) is 9.23. The molecule has 5 rings (SSSR count). The van der Waals surface area contributed by atoms with Gasteiger partial charge in [0.2, 0.25) is 17.7 Å². The molecule has 9 nitrogen and oxygen atoms in total. The number of piperazine rings is 1. The highest BCUT2D eigenvalue weighted by atomic mass is 16.6. The van der Waals surface area contributed by atoms with Gasteiger partial charge in [0, 0.05) is 50.5 Å². The quantitative estimate of drug-likeness (QED) is 0.571. The number of rotatable bonds is 5. The minimum atomic E-state index is -0.247. The third-order valence-corrected chi connectivity index (χ3v) is 9.96. The maximum Gasteiger partial charge on any atom is 0.410 e. The molecule has 9 heteroatoms. The van der Waals surface area contributed by atoms with Gasteiger partial charge in [0.25, 0.3) is 0 Å². The molecule has 3 saturated carbocycles. The topological polar surface area (TPSA) is 99.3 Å². The zero-order valence-electron chi connectivity index (χ0n) is 24.3. The van der Waals surface area contributed by atoms with E-state index in [0.29, 0.717) is 24.9 Å². The van der Waals surface area contributed by atoms with Crippen LogP contribution in [-0.4, -0.2) is 88.4 Å². The van der Waals surface area contributed by atoms with E-state index in [1.807, 2.05) is 23.6 Å². The molecular formula is C30H48N4O5. The normalized spacial score (nSPS) is 35.0. The van der Waals surface area contributed by atoms with E-state index >= 15 is 0 Å². The van der Waals surface area contributed by atoms with Crippen molar-refractivity contribution in [3.05, 3.63) is 0 Å². The van der Waals surface area contributed by atoms with Crippen molar-refractivity contribution in [2.45, 2.75) is 122 Å². The summed E-state index contributed by atoms with van der Waals surface area (Å²) in [5, 5.41) is 2.95. The number of nitrogens with zero attached hydrogens (tertiary/aromatic N) is 3. The van der Waals surface area contributed by atoms with Gasteiger partial charge in [-0.05, 0) is 96.8 Å². The minimum absolute atomic E-state index is 0.00330. The van der Waals surface area contributed by atoms with Gasteiger partial charge in [-0.25, -0.2) is 4.79 Å². The Hall–Kier alpha value is -2.32. The molecule has 5 aliphatic rings. The summed E-state index contributed by atoms with van der Waals surface area (Å²) in [5.41, 5.74) is 0. The number of fused-ring (bicyclic) bond motifs is 1. The lowest BCUT2D eigenvalue weighted by Gasteiger charge is -2.54. The average molecular weight is 545 g/mol. The Labute approximate surface area is 233 Å². The third-order valence-electron chi connectivity index (χ3n) is 9.96. The highest BCUT2D eigenvalue weighted by Crippen LogP contribution is 2.45. The second-order valence-corrected chi connectivity index (χ2v) is 13.2. The standard InChI is InChI=1S/C30H48N4O5/c1-18(2)39-30(38)33-16-19(3)34(29(37)23-9-10-23)26-12-11-24(15-27(26)33)21-5-7-22(8-6-21)28(36)32-14-13-25(17-32)31-20(4)35/h18-19,21-27H,5-17H2,1-4H3,(H,31,35)/t19-,21?,22?,24?,25-,26?,27?/m0/s1. The van der Waals surface area contributed by atoms with Gasteiger partial charge >= 0.3 is 6.09 Å². The first-order chi connectivity index (χ1) is 18.6. The summed E-state index contributed by atoms with van der Waals surface area (Å²) in [5.74, 6) is 1.81. The van der Waals surface area contributed by atoms with Crippen molar-refractivity contribution < 1.29 is 23.9 Å². The van der Waals surface area contributed by atoms with Gasteiger partial charge in [-0.2, -0.15) is 0 Å². The van der Waals surface area contributed by atoms with E-state index in [4.69, 9.17) is 4.74 Å². The predicted molar refractivity (Wildman–Crippen MR) is 147 cm³/mol. The molecule has 2 saturated heterocycles. The van der Waals surface area contributed by atoms with E-state index in [1.54, 1.807) is 0 Å². The van der Waals surface area contributed by atoms with Crippen LogP contribution in [-0.2, 0) is 19.1 Å². The number of likely N-dealkylation sites (tertiary alicyclic amines) is 1. The summed E-state index contributed by atoms with van der Waals surface area (Å²) in [6, 6.07) is 0.159. The van der Waals surface area contributed by atoms with Gasteiger partial charge in [0.15, 0.2) is 0 Å². The summed E-state index contributed by atoms with van der Waals surface area (Å²) in [4.78, 5) is 57.1. The second-order valence-electron chi connectivity index (χ2n) is 13.2. The molecule has 1 N–H and O–H groups in total. The van der Waals surface area contributed by atoms with Gasteiger partial charge < -0.3 is 24.8 Å². The maximum absolute atomic E-state index is 13.3. The Kier molecular flexibility index (Phi) is 8.43. The van der Waals surface area contributed by atoms with Crippen LogP contribution < -0.4 is 5.32 Å². The number of carbonyl (C=O) groups excluding carboxylic acids is 4. The van der Waals surface area contributed by atoms with Crippen molar-refractivity contribution in [3.63, 3.8) is 0 Å². The van der Waals surface area contributed by atoms with Crippen molar-refractivity contribution >= 4 is 23.8 Å². The second kappa shape index (κ2) is 11.7. The van der Waals surface area contributed by atoms with Crippen molar-refractivity contribution in [1.29, 1.82) is 0 Å². The van der Waals surface area contributed by atoms with Crippen LogP contribution in [0.2, 0.25) is 0 Å². The Morgan fingerprint density at radius 3 is 2.08 bits per heavy atom. The fourth-order valence-corrected chi connectivity index (χ4v) is 7.95. The van der Waals surface area contributed by atoms with E-state index in [1.165, 1.54) is 6.92 Å². The van der Waals surface area contributed by atoms with Crippen LogP contribution in [0.3, 0.4) is 0 Å². The van der Waals surface area contributed by atoms with Crippen molar-refractivity contribution in [3.8, 4) is 0 Å². The van der Waals surface area contributed by atoms with Crippen LogP contribution in [0.5, 0.6) is 0 Å². The first-order valence-corrected chi connectivity index (χ1v) is 15.5. The van der Waals surface area contributed by atoms with Crippen LogP contribution in [0.15, 0.2) is 0 Å². The summed E-state index contributed by atoms with van der Waals surface area (Å²) in [7, 11) is 0. The molecule has 0 aromatic rings. The van der Waals surface area contributed by atoms with Gasteiger partial charge in [0.05, 0.1) is 18.2 Å². The van der Waals surface area contributed by atoms with E-state index < -0.39 is 0 Å². The highest BCUT2D eigenvalue weighted by molar-refractivity contribution is 5.82. The van der Waals surface area contributed by atoms with E-state index in [2.05, 4.69) is 17.1 Å². The van der Waals surface area contributed by atoms with Crippen LogP contribution in [0.25, 0.3) is 0 Å². The maximum atomic E-state index is 13.3. The molecule has 0 spiro atoms. The fourth-order valence-electron chi connectivity index (χ4n) is 7.95. The monoisotopic (exact) mass is 544 g/mol. The first kappa shape index (κ1) is 28.2. The average Bonchev–Trinajstić information content (AvgIpc) is 3.65. The van der Waals surface area contributed by atoms with Crippen molar-refractivity contribution in [2.75, 3.05) is 19.6 Å². The van der Waals surface area contributed by atoms with Gasteiger partial charge in [-0.1, -0.05) is 0 Å². The Bertz CT molecular complexity index is 944. The Morgan fingerprint density at radius 1 is 0.795 bits per heavy atom. The molecule has 218 valence electrons. The molecule has 0 aromatic carbocycles. The lowest BCUT2D eigenvalue weighted by molar-refractivity contribution is -0.146. The molecule has 3 unspecified atom stereocenters. The molecule has 3 aliphatic carbocycles. The van der Waals surface area contributed by atoms with Gasteiger partial charge in [0.1, 0.15) is 0 Å². The molecule has 2 aliphatic heterocycles. The van der Waals surface area contributed by atoms with Crippen LogP contribution in [0.1, 0.15) is 91.9 Å². The van der Waals surface area contributed by atoms with Crippen molar-refractivity contribution in [2.24, 2.45) is 23.7 Å². The lowest BCUT2D eigenvalue weighted by atomic mass is 9.68. The van der Waals surface area contributed by atoms with E-state index in [0.717, 1.165) is 70.8 Å². The summed E-state index contributed by atoms with van der Waals surface area (Å²) >= 11 is 0. The number of carbonyl (C=O) groups is 4.